The van der Waals surface area contributed by atoms with Crippen molar-refractivity contribution in [2.24, 2.45) is 5.92 Å². The summed E-state index contributed by atoms with van der Waals surface area (Å²) in [7, 11) is 0. The lowest BCUT2D eigenvalue weighted by molar-refractivity contribution is 0.305. The van der Waals surface area contributed by atoms with Gasteiger partial charge in [-0.05, 0) is 31.6 Å². The van der Waals surface area contributed by atoms with E-state index in [1.807, 2.05) is 12.4 Å². The van der Waals surface area contributed by atoms with Gasteiger partial charge in [0.2, 0.25) is 0 Å². The van der Waals surface area contributed by atoms with E-state index in [0.29, 0.717) is 6.04 Å². The van der Waals surface area contributed by atoms with E-state index >= 15 is 0 Å². The highest BCUT2D eigenvalue weighted by atomic mass is 16.1. The van der Waals surface area contributed by atoms with Gasteiger partial charge >= 0.3 is 0 Å². The minimum absolute atomic E-state index is 0.0791. The van der Waals surface area contributed by atoms with Gasteiger partial charge in [0.1, 0.15) is 0 Å². The Morgan fingerprint density at radius 2 is 1.88 bits per heavy atom. The summed E-state index contributed by atoms with van der Waals surface area (Å²) in [6.07, 6.45) is 9.04. The minimum Gasteiger partial charge on any atom is -0.353 e. The van der Waals surface area contributed by atoms with Crippen molar-refractivity contribution in [3.8, 4) is 0 Å². The van der Waals surface area contributed by atoms with Gasteiger partial charge in [-0.25, -0.2) is 0 Å². The van der Waals surface area contributed by atoms with Crippen molar-refractivity contribution in [2.75, 3.05) is 6.54 Å². The fraction of sp³-hybridized carbons (Fsp3) is 0.643. The van der Waals surface area contributed by atoms with Gasteiger partial charge in [0.15, 0.2) is 5.43 Å². The van der Waals surface area contributed by atoms with Crippen LogP contribution in [0.5, 0.6) is 0 Å². The zero-order valence-electron chi connectivity index (χ0n) is 10.6. The molecule has 0 bridgehead atoms. The van der Waals surface area contributed by atoms with E-state index in [0.717, 1.165) is 19.0 Å². The summed E-state index contributed by atoms with van der Waals surface area (Å²) in [6, 6.07) is 3.93. The van der Waals surface area contributed by atoms with Crippen molar-refractivity contribution in [3.63, 3.8) is 0 Å². The highest BCUT2D eigenvalue weighted by Crippen LogP contribution is 2.23. The van der Waals surface area contributed by atoms with Crippen LogP contribution in [0.25, 0.3) is 0 Å². The standard InChI is InChI=1S/C14H22N2O/c1-12-2-4-13(5-3-12)15-8-11-16-9-6-14(17)7-10-16/h6-7,9-10,12-13,15H,2-5,8,11H2,1H3. The molecule has 0 atom stereocenters. The number of pyridine rings is 1. The topological polar surface area (TPSA) is 34.0 Å². The first kappa shape index (κ1) is 12.4. The molecule has 2 rings (SSSR count). The summed E-state index contributed by atoms with van der Waals surface area (Å²) in [4.78, 5) is 10.9. The van der Waals surface area contributed by atoms with Crippen LogP contribution < -0.4 is 10.7 Å². The maximum absolute atomic E-state index is 10.9. The Morgan fingerprint density at radius 1 is 1.24 bits per heavy atom. The first-order valence-corrected chi connectivity index (χ1v) is 6.63. The van der Waals surface area contributed by atoms with E-state index in [2.05, 4.69) is 16.8 Å². The molecule has 1 aromatic heterocycles. The van der Waals surface area contributed by atoms with Gasteiger partial charge in [0.05, 0.1) is 0 Å². The first-order valence-electron chi connectivity index (χ1n) is 6.63. The van der Waals surface area contributed by atoms with Gasteiger partial charge in [-0.3, -0.25) is 4.79 Å². The molecule has 0 amide bonds. The molecule has 1 N–H and O–H groups in total. The molecule has 3 nitrogen and oxygen atoms in total. The number of nitrogens with zero attached hydrogens (tertiary/aromatic N) is 1. The summed E-state index contributed by atoms with van der Waals surface area (Å²) >= 11 is 0. The molecule has 1 fully saturated rings. The van der Waals surface area contributed by atoms with Crippen molar-refractivity contribution in [3.05, 3.63) is 34.7 Å². The number of nitrogens with one attached hydrogen (secondary N) is 1. The Balaban J connectivity index is 1.69. The van der Waals surface area contributed by atoms with Crippen molar-refractivity contribution in [1.82, 2.24) is 9.88 Å². The van der Waals surface area contributed by atoms with Gasteiger partial charge in [0.25, 0.3) is 0 Å². The molecule has 1 saturated carbocycles. The van der Waals surface area contributed by atoms with E-state index in [-0.39, 0.29) is 5.43 Å². The second kappa shape index (κ2) is 6.01. The Hall–Kier alpha value is -1.09. The predicted molar refractivity (Wildman–Crippen MR) is 70.1 cm³/mol. The van der Waals surface area contributed by atoms with Gasteiger partial charge in [-0.1, -0.05) is 6.92 Å². The Bertz CT molecular complexity index is 371. The summed E-state index contributed by atoms with van der Waals surface area (Å²) in [5.74, 6) is 0.909. The lowest BCUT2D eigenvalue weighted by Crippen LogP contribution is -2.34. The van der Waals surface area contributed by atoms with Crippen molar-refractivity contribution < 1.29 is 0 Å². The highest BCUT2D eigenvalue weighted by Gasteiger charge is 2.16. The van der Waals surface area contributed by atoms with E-state index < -0.39 is 0 Å². The molecule has 1 heterocycles. The average Bonchev–Trinajstić information content (AvgIpc) is 2.34. The quantitative estimate of drug-likeness (QED) is 0.864. The van der Waals surface area contributed by atoms with Gasteiger partial charge < -0.3 is 9.88 Å². The zero-order valence-corrected chi connectivity index (χ0v) is 10.6. The van der Waals surface area contributed by atoms with Crippen LogP contribution in [0.1, 0.15) is 32.6 Å². The summed E-state index contributed by atoms with van der Waals surface area (Å²) in [5.41, 5.74) is 0.0791. The monoisotopic (exact) mass is 234 g/mol. The lowest BCUT2D eigenvalue weighted by atomic mass is 9.87. The van der Waals surface area contributed by atoms with Crippen LogP contribution in [0.15, 0.2) is 29.3 Å². The van der Waals surface area contributed by atoms with E-state index in [4.69, 9.17) is 0 Å². The SMILES string of the molecule is CC1CCC(NCCn2ccc(=O)cc2)CC1. The normalized spacial score (nSPS) is 24.8. The summed E-state index contributed by atoms with van der Waals surface area (Å²) in [5, 5.41) is 3.61. The highest BCUT2D eigenvalue weighted by molar-refractivity contribution is 4.93. The Kier molecular flexibility index (Phi) is 4.37. The molecule has 0 unspecified atom stereocenters. The summed E-state index contributed by atoms with van der Waals surface area (Å²) in [6.45, 7) is 4.27. The fourth-order valence-electron chi connectivity index (χ4n) is 2.45. The van der Waals surface area contributed by atoms with Crippen LogP contribution >= 0.6 is 0 Å². The molecular weight excluding hydrogens is 212 g/mol. The van der Waals surface area contributed by atoms with Crippen LogP contribution in [0.4, 0.5) is 0 Å². The summed E-state index contributed by atoms with van der Waals surface area (Å²) < 4.78 is 2.06. The van der Waals surface area contributed by atoms with Gasteiger partial charge in [-0.15, -0.1) is 0 Å². The van der Waals surface area contributed by atoms with Gasteiger partial charge in [-0.2, -0.15) is 0 Å². The smallest absolute Gasteiger partial charge is 0.181 e. The van der Waals surface area contributed by atoms with Crippen LogP contribution in [0.2, 0.25) is 0 Å². The second-order valence-electron chi connectivity index (χ2n) is 5.18. The van der Waals surface area contributed by atoms with Crippen LogP contribution in [-0.2, 0) is 6.54 Å². The molecule has 17 heavy (non-hydrogen) atoms. The number of aromatic nitrogens is 1. The molecule has 0 aromatic carbocycles. The van der Waals surface area contributed by atoms with Crippen molar-refractivity contribution in [2.45, 2.75) is 45.2 Å². The molecule has 0 aliphatic heterocycles. The van der Waals surface area contributed by atoms with Gasteiger partial charge in [0, 0.05) is 43.7 Å². The molecular formula is C14H22N2O. The maximum Gasteiger partial charge on any atom is 0.181 e. The molecule has 1 aromatic rings. The van der Waals surface area contributed by atoms with Crippen LogP contribution in [-0.4, -0.2) is 17.2 Å². The van der Waals surface area contributed by atoms with Crippen molar-refractivity contribution in [1.29, 1.82) is 0 Å². The van der Waals surface area contributed by atoms with Crippen LogP contribution in [0, 0.1) is 5.92 Å². The maximum atomic E-state index is 10.9. The Labute approximate surface area is 103 Å². The molecule has 1 aliphatic carbocycles. The largest absolute Gasteiger partial charge is 0.353 e. The molecule has 3 heteroatoms. The number of hydrogen-bond acceptors (Lipinski definition) is 2. The van der Waals surface area contributed by atoms with E-state index in [1.165, 1.54) is 25.7 Å². The third kappa shape index (κ3) is 4.00. The fourth-order valence-corrected chi connectivity index (χ4v) is 2.45. The molecule has 0 spiro atoms. The minimum atomic E-state index is 0.0791. The van der Waals surface area contributed by atoms with E-state index in [9.17, 15) is 4.79 Å². The molecule has 1 aliphatic rings. The zero-order chi connectivity index (χ0) is 12.1. The van der Waals surface area contributed by atoms with Crippen molar-refractivity contribution >= 4 is 0 Å². The van der Waals surface area contributed by atoms with E-state index in [1.54, 1.807) is 12.1 Å². The molecule has 94 valence electrons. The third-order valence-corrected chi connectivity index (χ3v) is 3.68. The third-order valence-electron chi connectivity index (χ3n) is 3.68. The molecule has 0 radical (unpaired) electrons. The lowest BCUT2D eigenvalue weighted by Gasteiger charge is -2.27. The Morgan fingerprint density at radius 3 is 2.53 bits per heavy atom. The second-order valence-corrected chi connectivity index (χ2v) is 5.18. The predicted octanol–water partition coefficient (Wildman–Crippen LogP) is 2.02. The first-order chi connectivity index (χ1) is 8.24. The van der Waals surface area contributed by atoms with Crippen LogP contribution in [0.3, 0.4) is 0 Å². The number of rotatable bonds is 4. The molecule has 0 saturated heterocycles. The average molecular weight is 234 g/mol. The number of hydrogen-bond donors (Lipinski definition) is 1.